The third-order valence-corrected chi connectivity index (χ3v) is 4.61. The Morgan fingerprint density at radius 1 is 1.00 bits per heavy atom. The van der Waals surface area contributed by atoms with Crippen molar-refractivity contribution in [2.24, 2.45) is 0 Å². The van der Waals surface area contributed by atoms with Crippen LogP contribution in [0.2, 0.25) is 0 Å². The number of hydrogen-bond acceptors (Lipinski definition) is 5. The molecule has 1 fully saturated rings. The first kappa shape index (κ1) is 17.1. The maximum Gasteiger partial charge on any atom is 0.329 e. The van der Waals surface area contributed by atoms with Gasteiger partial charge in [-0.2, -0.15) is 0 Å². The molecule has 1 aromatic rings. The van der Waals surface area contributed by atoms with Crippen LogP contribution in [0.3, 0.4) is 0 Å². The average Bonchev–Trinajstić information content (AvgIpc) is 3.22. The fraction of sp³-hybridized carbons (Fsp3) is 0.444. The number of hydrogen-bond donors (Lipinski definition) is 0. The number of benzene rings is 1. The Balaban J connectivity index is 1.68. The highest BCUT2D eigenvalue weighted by Gasteiger charge is 2.42. The van der Waals surface area contributed by atoms with Gasteiger partial charge in [0.25, 0.3) is 17.7 Å². The zero-order valence-electron chi connectivity index (χ0n) is 14.2. The summed E-state index contributed by atoms with van der Waals surface area (Å²) in [6.07, 6.45) is 0.943. The predicted molar refractivity (Wildman–Crippen MR) is 87.8 cm³/mol. The number of carbonyl (C=O) groups is 4. The lowest BCUT2D eigenvalue weighted by Crippen LogP contribution is -2.46. The molecule has 25 heavy (non-hydrogen) atoms. The van der Waals surface area contributed by atoms with Gasteiger partial charge in [0.1, 0.15) is 6.04 Å². The van der Waals surface area contributed by atoms with E-state index in [9.17, 15) is 19.2 Å². The van der Waals surface area contributed by atoms with Crippen molar-refractivity contribution in [1.82, 2.24) is 9.80 Å². The van der Waals surface area contributed by atoms with Crippen LogP contribution in [0.15, 0.2) is 24.3 Å². The minimum atomic E-state index is -1.10. The van der Waals surface area contributed by atoms with E-state index in [0.29, 0.717) is 13.1 Å². The van der Waals surface area contributed by atoms with Crippen LogP contribution in [0.4, 0.5) is 0 Å². The van der Waals surface area contributed by atoms with Crippen LogP contribution in [-0.4, -0.2) is 58.7 Å². The standard InChI is InChI=1S/C18H20N2O5/c1-11(18(24)25-12(2)15(21)19-9-5-6-10-19)20-16(22)13-7-3-4-8-14(13)17(20)23/h3-4,7-8,11-12H,5-6,9-10H2,1-2H3. The molecule has 2 heterocycles. The number of ether oxygens (including phenoxy) is 1. The lowest BCUT2D eigenvalue weighted by Gasteiger charge is -2.24. The van der Waals surface area contributed by atoms with Crippen LogP contribution in [0, 0.1) is 0 Å². The summed E-state index contributed by atoms with van der Waals surface area (Å²) in [5.41, 5.74) is 0.543. The van der Waals surface area contributed by atoms with Crippen molar-refractivity contribution in [1.29, 1.82) is 0 Å². The summed E-state index contributed by atoms with van der Waals surface area (Å²) in [6.45, 7) is 4.26. The Morgan fingerprint density at radius 3 is 2.04 bits per heavy atom. The fourth-order valence-corrected chi connectivity index (χ4v) is 3.18. The molecule has 1 aromatic carbocycles. The highest BCUT2D eigenvalue weighted by atomic mass is 16.5. The normalized spacial score (nSPS) is 19.0. The first-order chi connectivity index (χ1) is 11.9. The number of carbonyl (C=O) groups excluding carboxylic acids is 4. The molecule has 0 bridgehead atoms. The summed E-state index contributed by atoms with van der Waals surface area (Å²) in [6, 6.07) is 5.32. The molecule has 2 aliphatic rings. The van der Waals surface area contributed by atoms with E-state index >= 15 is 0 Å². The average molecular weight is 344 g/mol. The van der Waals surface area contributed by atoms with Gasteiger partial charge in [-0.05, 0) is 38.8 Å². The third-order valence-electron chi connectivity index (χ3n) is 4.61. The molecule has 0 aromatic heterocycles. The molecule has 0 spiro atoms. The lowest BCUT2D eigenvalue weighted by atomic mass is 10.1. The van der Waals surface area contributed by atoms with Crippen LogP contribution in [0.25, 0.3) is 0 Å². The Bertz CT molecular complexity index is 704. The Kier molecular flexibility index (Phi) is 4.57. The van der Waals surface area contributed by atoms with E-state index in [4.69, 9.17) is 4.74 Å². The van der Waals surface area contributed by atoms with E-state index in [1.54, 1.807) is 29.2 Å². The minimum Gasteiger partial charge on any atom is -0.451 e. The fourth-order valence-electron chi connectivity index (χ4n) is 3.18. The topological polar surface area (TPSA) is 84.0 Å². The molecule has 3 rings (SSSR count). The van der Waals surface area contributed by atoms with Gasteiger partial charge in [-0.15, -0.1) is 0 Å². The first-order valence-corrected chi connectivity index (χ1v) is 8.38. The van der Waals surface area contributed by atoms with Crippen molar-refractivity contribution in [2.75, 3.05) is 13.1 Å². The first-order valence-electron chi connectivity index (χ1n) is 8.38. The molecule has 1 saturated heterocycles. The molecule has 7 heteroatoms. The van der Waals surface area contributed by atoms with Crippen LogP contribution < -0.4 is 0 Å². The van der Waals surface area contributed by atoms with Gasteiger partial charge in [0, 0.05) is 13.1 Å². The molecule has 0 saturated carbocycles. The number of likely N-dealkylation sites (tertiary alicyclic amines) is 1. The van der Waals surface area contributed by atoms with Crippen molar-refractivity contribution in [3.05, 3.63) is 35.4 Å². The minimum absolute atomic E-state index is 0.250. The second kappa shape index (κ2) is 6.66. The number of rotatable bonds is 4. The van der Waals surface area contributed by atoms with Gasteiger partial charge in [-0.25, -0.2) is 4.79 Å². The molecule has 0 radical (unpaired) electrons. The summed E-state index contributed by atoms with van der Waals surface area (Å²) in [7, 11) is 0. The van der Waals surface area contributed by atoms with Crippen LogP contribution in [0.1, 0.15) is 47.4 Å². The number of fused-ring (bicyclic) bond motifs is 1. The molecule has 2 atom stereocenters. The van der Waals surface area contributed by atoms with Gasteiger partial charge in [0.05, 0.1) is 11.1 Å². The summed E-state index contributed by atoms with van der Waals surface area (Å²) in [5.74, 6) is -2.07. The molecule has 7 nitrogen and oxygen atoms in total. The summed E-state index contributed by atoms with van der Waals surface area (Å²) < 4.78 is 5.22. The van der Waals surface area contributed by atoms with Crippen molar-refractivity contribution in [3.63, 3.8) is 0 Å². The quantitative estimate of drug-likeness (QED) is 0.606. The lowest BCUT2D eigenvalue weighted by molar-refractivity contribution is -0.161. The van der Waals surface area contributed by atoms with E-state index in [2.05, 4.69) is 0 Å². The maximum absolute atomic E-state index is 12.4. The van der Waals surface area contributed by atoms with Crippen molar-refractivity contribution >= 4 is 23.7 Å². The zero-order valence-corrected chi connectivity index (χ0v) is 14.2. The molecule has 132 valence electrons. The van der Waals surface area contributed by atoms with Crippen molar-refractivity contribution in [2.45, 2.75) is 38.8 Å². The van der Waals surface area contributed by atoms with Gasteiger partial charge in [-0.3, -0.25) is 19.3 Å². The van der Waals surface area contributed by atoms with Crippen LogP contribution in [-0.2, 0) is 14.3 Å². The number of nitrogens with zero attached hydrogens (tertiary/aromatic N) is 2. The molecule has 0 N–H and O–H groups in total. The van der Waals surface area contributed by atoms with E-state index in [1.807, 2.05) is 0 Å². The summed E-state index contributed by atoms with van der Waals surface area (Å²) in [4.78, 5) is 52.0. The van der Waals surface area contributed by atoms with Gasteiger partial charge in [-0.1, -0.05) is 12.1 Å². The Hall–Kier alpha value is -2.70. The summed E-state index contributed by atoms with van der Waals surface area (Å²) >= 11 is 0. The Labute approximate surface area is 145 Å². The van der Waals surface area contributed by atoms with Crippen molar-refractivity contribution < 1.29 is 23.9 Å². The van der Waals surface area contributed by atoms with Crippen LogP contribution in [0.5, 0.6) is 0 Å². The second-order valence-corrected chi connectivity index (χ2v) is 6.31. The maximum atomic E-state index is 12.4. The molecular formula is C18H20N2O5. The number of imide groups is 1. The van der Waals surface area contributed by atoms with E-state index in [-0.39, 0.29) is 17.0 Å². The predicted octanol–water partition coefficient (Wildman–Crippen LogP) is 1.23. The van der Waals surface area contributed by atoms with Gasteiger partial charge >= 0.3 is 5.97 Å². The SMILES string of the molecule is CC(OC(=O)C(C)N1C(=O)c2ccccc2C1=O)C(=O)N1CCCC1. The largest absolute Gasteiger partial charge is 0.451 e. The molecule has 0 aliphatic carbocycles. The van der Waals surface area contributed by atoms with Gasteiger partial charge < -0.3 is 9.64 Å². The highest BCUT2D eigenvalue weighted by molar-refractivity contribution is 6.22. The Morgan fingerprint density at radius 2 is 1.52 bits per heavy atom. The zero-order chi connectivity index (χ0) is 18.1. The molecule has 3 amide bonds. The van der Waals surface area contributed by atoms with Gasteiger partial charge in [0.2, 0.25) is 0 Å². The summed E-state index contributed by atoms with van der Waals surface area (Å²) in [5, 5.41) is 0. The van der Waals surface area contributed by atoms with Crippen molar-refractivity contribution in [3.8, 4) is 0 Å². The van der Waals surface area contributed by atoms with E-state index in [1.165, 1.54) is 13.8 Å². The van der Waals surface area contributed by atoms with E-state index in [0.717, 1.165) is 17.7 Å². The van der Waals surface area contributed by atoms with E-state index < -0.39 is 29.9 Å². The number of esters is 1. The molecule has 2 unspecified atom stereocenters. The van der Waals surface area contributed by atoms with Gasteiger partial charge in [0.15, 0.2) is 6.10 Å². The highest BCUT2D eigenvalue weighted by Crippen LogP contribution is 2.25. The van der Waals surface area contributed by atoms with Crippen LogP contribution >= 0.6 is 0 Å². The third kappa shape index (κ3) is 3.01. The second-order valence-electron chi connectivity index (χ2n) is 6.31. The molecule has 2 aliphatic heterocycles. The monoisotopic (exact) mass is 344 g/mol. The molecular weight excluding hydrogens is 324 g/mol. The smallest absolute Gasteiger partial charge is 0.329 e. The number of amides is 3.